The summed E-state index contributed by atoms with van der Waals surface area (Å²) in [5.41, 5.74) is 1.47. The molecule has 0 fully saturated rings. The Labute approximate surface area is 58.9 Å². The van der Waals surface area contributed by atoms with E-state index in [9.17, 15) is 0 Å². The molecule has 3 rings (SSSR count). The van der Waals surface area contributed by atoms with Crippen molar-refractivity contribution in [1.29, 1.82) is 0 Å². The van der Waals surface area contributed by atoms with E-state index in [1.165, 1.54) is 5.57 Å². The Morgan fingerprint density at radius 2 is 2.40 bits per heavy atom. The smallest absolute Gasteiger partial charge is 0.123 e. The largest absolute Gasteiger partial charge is 0.334 e. The molecule has 0 bridgehead atoms. The van der Waals surface area contributed by atoms with Crippen molar-refractivity contribution in [3.8, 4) is 0 Å². The SMILES string of the molecule is C1=CN2C=CC3=C[C@@]32C=N1. The van der Waals surface area contributed by atoms with Gasteiger partial charge in [0.05, 0.1) is 0 Å². The minimum absolute atomic E-state index is 0.0920. The quantitative estimate of drug-likeness (QED) is 0.478. The molecule has 2 heteroatoms. The summed E-state index contributed by atoms with van der Waals surface area (Å²) in [6, 6.07) is 0. The van der Waals surface area contributed by atoms with Crippen molar-refractivity contribution < 1.29 is 0 Å². The summed E-state index contributed by atoms with van der Waals surface area (Å²) in [5, 5.41) is 0. The molecule has 3 aliphatic rings. The lowest BCUT2D eigenvalue weighted by molar-refractivity contribution is 0.474. The molecule has 1 spiro atoms. The summed E-state index contributed by atoms with van der Waals surface area (Å²) < 4.78 is 0. The topological polar surface area (TPSA) is 15.6 Å². The molecular weight excluding hydrogens is 124 g/mol. The van der Waals surface area contributed by atoms with Crippen LogP contribution in [-0.2, 0) is 0 Å². The fourth-order valence-electron chi connectivity index (χ4n) is 1.51. The second-order valence-corrected chi connectivity index (χ2v) is 2.72. The van der Waals surface area contributed by atoms with Crippen LogP contribution in [0.4, 0.5) is 0 Å². The summed E-state index contributed by atoms with van der Waals surface area (Å²) in [6.45, 7) is 0. The monoisotopic (exact) mass is 130 g/mol. The summed E-state index contributed by atoms with van der Waals surface area (Å²) >= 11 is 0. The van der Waals surface area contributed by atoms with E-state index in [4.69, 9.17) is 0 Å². The third-order valence-electron chi connectivity index (χ3n) is 2.18. The first-order chi connectivity index (χ1) is 4.92. The van der Waals surface area contributed by atoms with Gasteiger partial charge in [-0.25, -0.2) is 0 Å². The second-order valence-electron chi connectivity index (χ2n) is 2.72. The maximum Gasteiger partial charge on any atom is 0.123 e. The minimum atomic E-state index is 0.0920. The maximum atomic E-state index is 4.09. The van der Waals surface area contributed by atoms with Gasteiger partial charge < -0.3 is 4.90 Å². The molecule has 2 aliphatic heterocycles. The molecule has 0 radical (unpaired) electrons. The average Bonchev–Trinajstić information content (AvgIpc) is 2.55. The van der Waals surface area contributed by atoms with E-state index in [1.54, 1.807) is 0 Å². The number of rotatable bonds is 0. The summed E-state index contributed by atoms with van der Waals surface area (Å²) in [4.78, 5) is 6.26. The number of aliphatic imine (C=N–C) groups is 1. The molecule has 2 heterocycles. The average molecular weight is 130 g/mol. The highest BCUT2D eigenvalue weighted by atomic mass is 15.2. The minimum Gasteiger partial charge on any atom is -0.334 e. The standard InChI is InChI=1S/C8H6N2/c1-3-10-4-2-9-6-8(10)5-7(1)8/h1-6H/t8-/m1/s1. The van der Waals surface area contributed by atoms with Gasteiger partial charge >= 0.3 is 0 Å². The van der Waals surface area contributed by atoms with Crippen LogP contribution < -0.4 is 0 Å². The first kappa shape index (κ1) is 4.50. The van der Waals surface area contributed by atoms with Gasteiger partial charge in [-0.15, -0.1) is 0 Å². The van der Waals surface area contributed by atoms with Gasteiger partial charge in [0.1, 0.15) is 5.54 Å². The van der Waals surface area contributed by atoms with Gasteiger partial charge in [0, 0.05) is 24.8 Å². The van der Waals surface area contributed by atoms with Crippen molar-refractivity contribution in [1.82, 2.24) is 4.90 Å². The predicted octanol–water partition coefficient (Wildman–Crippen LogP) is 1.05. The van der Waals surface area contributed by atoms with Crippen LogP contribution in [0.25, 0.3) is 0 Å². The Bertz CT molecular complexity index is 309. The van der Waals surface area contributed by atoms with Gasteiger partial charge in [-0.1, -0.05) is 0 Å². The molecule has 0 aromatic rings. The van der Waals surface area contributed by atoms with Crippen molar-refractivity contribution in [2.24, 2.45) is 4.99 Å². The fourth-order valence-corrected chi connectivity index (χ4v) is 1.51. The highest BCUT2D eigenvalue weighted by molar-refractivity contribution is 5.91. The lowest BCUT2D eigenvalue weighted by atomic mass is 10.2. The van der Waals surface area contributed by atoms with Crippen LogP contribution in [-0.4, -0.2) is 16.7 Å². The van der Waals surface area contributed by atoms with Crippen LogP contribution in [0.3, 0.4) is 0 Å². The highest BCUT2D eigenvalue weighted by Crippen LogP contribution is 2.45. The van der Waals surface area contributed by atoms with E-state index in [0.29, 0.717) is 0 Å². The van der Waals surface area contributed by atoms with Crippen LogP contribution in [0.1, 0.15) is 0 Å². The third-order valence-corrected chi connectivity index (χ3v) is 2.18. The van der Waals surface area contributed by atoms with Crippen molar-refractivity contribution in [2.45, 2.75) is 5.54 Å². The first-order valence-electron chi connectivity index (χ1n) is 3.33. The van der Waals surface area contributed by atoms with Gasteiger partial charge in [-0.3, -0.25) is 4.99 Å². The van der Waals surface area contributed by atoms with Crippen molar-refractivity contribution in [3.63, 3.8) is 0 Å². The molecule has 2 nitrogen and oxygen atoms in total. The van der Waals surface area contributed by atoms with Gasteiger partial charge in [0.25, 0.3) is 0 Å². The zero-order valence-electron chi connectivity index (χ0n) is 5.36. The zero-order chi connectivity index (χ0) is 6.60. The zero-order valence-corrected chi connectivity index (χ0v) is 5.36. The van der Waals surface area contributed by atoms with Crippen LogP contribution in [0, 0.1) is 0 Å². The van der Waals surface area contributed by atoms with Crippen LogP contribution in [0.5, 0.6) is 0 Å². The normalized spacial score (nSPS) is 37.6. The van der Waals surface area contributed by atoms with Gasteiger partial charge in [0.15, 0.2) is 0 Å². The Hall–Kier alpha value is -1.31. The van der Waals surface area contributed by atoms with Crippen LogP contribution in [0.2, 0.25) is 0 Å². The molecule has 48 valence electrons. The Morgan fingerprint density at radius 1 is 1.40 bits per heavy atom. The van der Waals surface area contributed by atoms with Crippen LogP contribution in [0.15, 0.2) is 41.3 Å². The van der Waals surface area contributed by atoms with Crippen molar-refractivity contribution in [2.75, 3.05) is 0 Å². The predicted molar refractivity (Wildman–Crippen MR) is 39.4 cm³/mol. The number of hydrogen-bond donors (Lipinski definition) is 0. The number of hydrogen-bond acceptors (Lipinski definition) is 2. The molecule has 0 aromatic heterocycles. The summed E-state index contributed by atoms with van der Waals surface area (Å²) in [5.74, 6) is 0. The molecular formula is C8H6N2. The van der Waals surface area contributed by atoms with Crippen molar-refractivity contribution >= 4 is 6.21 Å². The Kier molecular flexibility index (Phi) is 0.495. The second kappa shape index (κ2) is 1.10. The van der Waals surface area contributed by atoms with Gasteiger partial charge in [0.2, 0.25) is 0 Å². The lowest BCUT2D eigenvalue weighted by Crippen LogP contribution is -2.31. The van der Waals surface area contributed by atoms with E-state index in [-0.39, 0.29) is 5.54 Å². The molecule has 0 saturated heterocycles. The highest BCUT2D eigenvalue weighted by Gasteiger charge is 2.49. The third kappa shape index (κ3) is 0.304. The Morgan fingerprint density at radius 3 is 3.20 bits per heavy atom. The first-order valence-corrected chi connectivity index (χ1v) is 3.33. The van der Waals surface area contributed by atoms with E-state index in [1.807, 2.05) is 18.6 Å². The van der Waals surface area contributed by atoms with E-state index < -0.39 is 0 Å². The molecule has 1 aliphatic carbocycles. The molecule has 1 atom stereocenters. The van der Waals surface area contributed by atoms with Gasteiger partial charge in [-0.2, -0.15) is 0 Å². The van der Waals surface area contributed by atoms with E-state index in [2.05, 4.69) is 28.2 Å². The fraction of sp³-hybridized carbons (Fsp3) is 0.125. The van der Waals surface area contributed by atoms with Crippen molar-refractivity contribution in [3.05, 3.63) is 36.3 Å². The molecule has 0 N–H and O–H groups in total. The Balaban J connectivity index is 2.15. The van der Waals surface area contributed by atoms with Gasteiger partial charge in [-0.05, 0) is 17.7 Å². The summed E-state index contributed by atoms with van der Waals surface area (Å²) in [6.07, 6.45) is 12.2. The maximum absolute atomic E-state index is 4.09. The molecule has 10 heavy (non-hydrogen) atoms. The summed E-state index contributed by atoms with van der Waals surface area (Å²) in [7, 11) is 0. The molecule has 0 saturated carbocycles. The van der Waals surface area contributed by atoms with E-state index >= 15 is 0 Å². The molecule has 0 amide bonds. The molecule has 0 aromatic carbocycles. The van der Waals surface area contributed by atoms with Crippen LogP contribution >= 0.6 is 0 Å². The van der Waals surface area contributed by atoms with E-state index in [0.717, 1.165) is 0 Å². The number of nitrogens with zero attached hydrogens (tertiary/aromatic N) is 2. The lowest BCUT2D eigenvalue weighted by Gasteiger charge is -2.23. The molecule has 0 unspecified atom stereocenters.